The molecule has 2 N–H and O–H groups in total. The molecule has 3 rings (SSSR count). The summed E-state index contributed by atoms with van der Waals surface area (Å²) >= 11 is 0. The van der Waals surface area contributed by atoms with Crippen LogP contribution in [0.1, 0.15) is 11.6 Å². The Kier molecular flexibility index (Phi) is 4.16. The molecule has 1 aromatic carbocycles. The van der Waals surface area contributed by atoms with Gasteiger partial charge in [-0.05, 0) is 17.7 Å². The summed E-state index contributed by atoms with van der Waals surface area (Å²) in [5, 5.41) is 5.53. The first-order chi connectivity index (χ1) is 11.6. The van der Waals surface area contributed by atoms with E-state index in [9.17, 15) is 9.59 Å². The Morgan fingerprint density at radius 1 is 1.29 bits per heavy atom. The van der Waals surface area contributed by atoms with Gasteiger partial charge >= 0.3 is 6.03 Å². The van der Waals surface area contributed by atoms with Gasteiger partial charge in [-0.3, -0.25) is 4.79 Å². The Balaban J connectivity index is 2.00. The number of methoxy groups -OCH3 is 2. The normalized spacial score (nSPS) is 19.6. The third-order valence-electron chi connectivity index (χ3n) is 4.11. The van der Waals surface area contributed by atoms with Crippen molar-refractivity contribution in [1.82, 2.24) is 15.5 Å². The topological polar surface area (TPSA) is 79.9 Å². The highest BCUT2D eigenvalue weighted by molar-refractivity contribution is 6.01. The molecule has 126 valence electrons. The number of nitrogens with one attached hydrogen (secondary N) is 2. The molecular weight excluding hydrogens is 310 g/mol. The number of nitrogens with zero attached hydrogens (tertiary/aromatic N) is 1. The van der Waals surface area contributed by atoms with Gasteiger partial charge in [0.2, 0.25) is 0 Å². The van der Waals surface area contributed by atoms with Crippen molar-refractivity contribution in [3.63, 3.8) is 0 Å². The van der Waals surface area contributed by atoms with Crippen molar-refractivity contribution in [2.45, 2.75) is 6.04 Å². The van der Waals surface area contributed by atoms with E-state index in [4.69, 9.17) is 9.47 Å². The highest BCUT2D eigenvalue weighted by Crippen LogP contribution is 2.36. The molecule has 24 heavy (non-hydrogen) atoms. The first-order valence-corrected chi connectivity index (χ1v) is 7.51. The molecule has 0 saturated carbocycles. The van der Waals surface area contributed by atoms with Crippen molar-refractivity contribution in [2.24, 2.45) is 0 Å². The average molecular weight is 329 g/mol. The third kappa shape index (κ3) is 2.58. The van der Waals surface area contributed by atoms with E-state index in [-0.39, 0.29) is 11.9 Å². The number of rotatable bonds is 5. The maximum Gasteiger partial charge on any atom is 0.319 e. The summed E-state index contributed by atoms with van der Waals surface area (Å²) in [5.74, 6) is 1.01. The van der Waals surface area contributed by atoms with Gasteiger partial charge < -0.3 is 25.0 Å². The Hall–Kier alpha value is -2.96. The lowest BCUT2D eigenvalue weighted by Crippen LogP contribution is -2.44. The Bertz CT molecular complexity index is 741. The van der Waals surface area contributed by atoms with Crippen LogP contribution in [0.25, 0.3) is 0 Å². The fourth-order valence-electron chi connectivity index (χ4n) is 3.01. The number of benzene rings is 1. The van der Waals surface area contributed by atoms with Crippen LogP contribution in [-0.2, 0) is 4.79 Å². The van der Waals surface area contributed by atoms with Crippen LogP contribution in [0.4, 0.5) is 4.79 Å². The molecule has 0 radical (unpaired) electrons. The van der Waals surface area contributed by atoms with Gasteiger partial charge in [0.15, 0.2) is 11.5 Å². The zero-order chi connectivity index (χ0) is 17.3. The quantitative estimate of drug-likeness (QED) is 0.799. The highest BCUT2D eigenvalue weighted by atomic mass is 16.5. The van der Waals surface area contributed by atoms with Gasteiger partial charge in [0.05, 0.1) is 38.1 Å². The molecule has 0 fully saturated rings. The molecule has 2 aliphatic heterocycles. The SMILES string of the molecule is C=CCN1CC2=C(C1=O)C(c1ccc(OC)c(OC)c1)NC(=O)N2. The van der Waals surface area contributed by atoms with E-state index in [1.807, 2.05) is 6.07 Å². The van der Waals surface area contributed by atoms with Crippen molar-refractivity contribution in [2.75, 3.05) is 27.3 Å². The summed E-state index contributed by atoms with van der Waals surface area (Å²) < 4.78 is 10.5. The number of urea groups is 1. The zero-order valence-corrected chi connectivity index (χ0v) is 13.6. The summed E-state index contributed by atoms with van der Waals surface area (Å²) in [6, 6.07) is 4.47. The van der Waals surface area contributed by atoms with Gasteiger partial charge in [-0.15, -0.1) is 6.58 Å². The van der Waals surface area contributed by atoms with Crippen LogP contribution in [0.2, 0.25) is 0 Å². The van der Waals surface area contributed by atoms with E-state index in [0.717, 1.165) is 5.56 Å². The minimum atomic E-state index is -0.532. The van der Waals surface area contributed by atoms with Gasteiger partial charge in [-0.25, -0.2) is 4.79 Å². The summed E-state index contributed by atoms with van der Waals surface area (Å²) in [4.78, 5) is 26.3. The molecule has 1 atom stereocenters. The number of carbonyl (C=O) groups excluding carboxylic acids is 2. The highest BCUT2D eigenvalue weighted by Gasteiger charge is 2.40. The number of hydrogen-bond donors (Lipinski definition) is 2. The van der Waals surface area contributed by atoms with Crippen molar-refractivity contribution >= 4 is 11.9 Å². The monoisotopic (exact) mass is 329 g/mol. The number of amides is 3. The van der Waals surface area contributed by atoms with Crippen LogP contribution in [0.3, 0.4) is 0 Å². The fourth-order valence-corrected chi connectivity index (χ4v) is 3.01. The summed E-state index contributed by atoms with van der Waals surface area (Å²) in [7, 11) is 3.10. The minimum Gasteiger partial charge on any atom is -0.493 e. The number of ether oxygens (including phenoxy) is 2. The molecular formula is C17H19N3O4. The molecule has 0 aromatic heterocycles. The van der Waals surface area contributed by atoms with Gasteiger partial charge in [0.1, 0.15) is 0 Å². The smallest absolute Gasteiger partial charge is 0.319 e. The Labute approximate surface area is 139 Å². The molecule has 1 unspecified atom stereocenters. The van der Waals surface area contributed by atoms with E-state index in [1.165, 1.54) is 0 Å². The van der Waals surface area contributed by atoms with Crippen molar-refractivity contribution < 1.29 is 19.1 Å². The molecule has 0 bridgehead atoms. The predicted octanol–water partition coefficient (Wildman–Crippen LogP) is 1.34. The molecule has 1 aromatic rings. The lowest BCUT2D eigenvalue weighted by molar-refractivity contribution is -0.125. The van der Waals surface area contributed by atoms with Gasteiger partial charge in [-0.1, -0.05) is 12.1 Å². The second-order valence-electron chi connectivity index (χ2n) is 5.51. The second-order valence-corrected chi connectivity index (χ2v) is 5.51. The van der Waals surface area contributed by atoms with Crippen molar-refractivity contribution in [1.29, 1.82) is 0 Å². The van der Waals surface area contributed by atoms with Gasteiger partial charge in [0.25, 0.3) is 5.91 Å². The molecule has 3 amide bonds. The molecule has 7 nitrogen and oxygen atoms in total. The molecule has 2 heterocycles. The van der Waals surface area contributed by atoms with Crippen molar-refractivity contribution in [3.05, 3.63) is 47.7 Å². The largest absolute Gasteiger partial charge is 0.493 e. The average Bonchev–Trinajstić information content (AvgIpc) is 2.89. The summed E-state index contributed by atoms with van der Waals surface area (Å²) in [5.41, 5.74) is 1.93. The summed E-state index contributed by atoms with van der Waals surface area (Å²) in [6.07, 6.45) is 1.66. The van der Waals surface area contributed by atoms with Crippen LogP contribution in [0.15, 0.2) is 42.1 Å². The van der Waals surface area contributed by atoms with E-state index < -0.39 is 6.04 Å². The zero-order valence-electron chi connectivity index (χ0n) is 13.6. The van der Waals surface area contributed by atoms with Gasteiger partial charge in [0, 0.05) is 6.54 Å². The predicted molar refractivity (Wildman–Crippen MR) is 87.8 cm³/mol. The lowest BCUT2D eigenvalue weighted by Gasteiger charge is -2.26. The fraction of sp³-hybridized carbons (Fsp3) is 0.294. The molecule has 0 spiro atoms. The van der Waals surface area contributed by atoms with E-state index in [0.29, 0.717) is 35.9 Å². The standard InChI is InChI=1S/C17H19N3O4/c1-4-7-20-9-11-14(16(20)21)15(19-17(22)18-11)10-5-6-12(23-2)13(8-10)24-3/h4-6,8,15H,1,7,9H2,2-3H3,(H2,18,19,22). The lowest BCUT2D eigenvalue weighted by atomic mass is 9.96. The van der Waals surface area contributed by atoms with Crippen molar-refractivity contribution in [3.8, 4) is 11.5 Å². The van der Waals surface area contributed by atoms with Gasteiger partial charge in [-0.2, -0.15) is 0 Å². The number of hydrogen-bond acceptors (Lipinski definition) is 4. The third-order valence-corrected chi connectivity index (χ3v) is 4.11. The van der Waals surface area contributed by atoms with Crippen LogP contribution in [0.5, 0.6) is 11.5 Å². The second kappa shape index (κ2) is 6.27. The van der Waals surface area contributed by atoms with E-state index in [1.54, 1.807) is 37.3 Å². The van der Waals surface area contributed by atoms with Crippen LogP contribution in [-0.4, -0.2) is 44.1 Å². The Morgan fingerprint density at radius 3 is 2.71 bits per heavy atom. The maximum absolute atomic E-state index is 12.7. The van der Waals surface area contributed by atoms with E-state index in [2.05, 4.69) is 17.2 Å². The molecule has 0 saturated heterocycles. The first-order valence-electron chi connectivity index (χ1n) is 7.51. The van der Waals surface area contributed by atoms with E-state index >= 15 is 0 Å². The van der Waals surface area contributed by atoms with Crippen LogP contribution >= 0.6 is 0 Å². The molecule has 0 aliphatic carbocycles. The molecule has 7 heteroatoms. The maximum atomic E-state index is 12.7. The first kappa shape index (κ1) is 15.9. The minimum absolute atomic E-state index is 0.114. The van der Waals surface area contributed by atoms with Crippen LogP contribution in [0, 0.1) is 0 Å². The number of carbonyl (C=O) groups is 2. The van der Waals surface area contributed by atoms with Crippen LogP contribution < -0.4 is 20.1 Å². The molecule has 2 aliphatic rings. The Morgan fingerprint density at radius 2 is 2.04 bits per heavy atom. The summed E-state index contributed by atoms with van der Waals surface area (Å²) in [6.45, 7) is 4.47.